The maximum Gasteiger partial charge on any atom is 0.151 e. The van der Waals surface area contributed by atoms with Gasteiger partial charge in [0.2, 0.25) is 0 Å². The number of hydrogen-bond donors (Lipinski definition) is 0. The van der Waals surface area contributed by atoms with Crippen LogP contribution in [0, 0.1) is 0 Å². The third-order valence-corrected chi connectivity index (χ3v) is 20.5. The Balaban J connectivity index is 0.974. The molecule has 0 amide bonds. The summed E-state index contributed by atoms with van der Waals surface area (Å²) in [7, 11) is 0. The number of hydrogen-bond acceptors (Lipinski definition) is 8. The molecule has 0 saturated heterocycles. The van der Waals surface area contributed by atoms with Gasteiger partial charge in [0.1, 0.15) is 44.7 Å². The second kappa shape index (κ2) is 19.2. The average Bonchev–Trinajstić information content (AvgIpc) is 1.52. The number of rotatable bonds is 6. The summed E-state index contributed by atoms with van der Waals surface area (Å²) >= 11 is 0. The molecular weight excluding hydrogens is 1170 g/mol. The fourth-order valence-corrected chi connectivity index (χ4v) is 16.2. The van der Waals surface area contributed by atoms with Crippen LogP contribution in [0.25, 0.3) is 98.9 Å². The Morgan fingerprint density at radius 2 is 0.716 bits per heavy atom. The van der Waals surface area contributed by atoms with E-state index in [1.807, 2.05) is 12.1 Å². The van der Waals surface area contributed by atoms with Gasteiger partial charge in [-0.15, -0.1) is 0 Å². The van der Waals surface area contributed by atoms with Crippen molar-refractivity contribution in [1.82, 2.24) is 0 Å². The molecule has 8 heteroatoms. The van der Waals surface area contributed by atoms with Crippen LogP contribution < -0.4 is 19.4 Å². The summed E-state index contributed by atoms with van der Waals surface area (Å²) in [6, 6.07) is 94.5. The van der Waals surface area contributed by atoms with E-state index in [0.29, 0.717) is 0 Å². The first kappa shape index (κ1) is 53.9. The largest absolute Gasteiger partial charge is 0.456 e. The van der Waals surface area contributed by atoms with E-state index in [1.54, 1.807) is 0 Å². The molecule has 0 saturated carbocycles. The minimum Gasteiger partial charge on any atom is -0.456 e. The summed E-state index contributed by atoms with van der Waals surface area (Å²) < 4.78 is 35.8. The van der Waals surface area contributed by atoms with Gasteiger partial charge < -0.3 is 37.1 Å². The molecule has 454 valence electrons. The molecule has 8 nitrogen and oxygen atoms in total. The van der Waals surface area contributed by atoms with Gasteiger partial charge in [-0.3, -0.25) is 0 Å². The number of anilines is 9. The van der Waals surface area contributed by atoms with Gasteiger partial charge in [0.15, 0.2) is 11.5 Å². The van der Waals surface area contributed by atoms with Gasteiger partial charge in [0, 0.05) is 66.2 Å². The Kier molecular flexibility index (Phi) is 10.9. The SMILES string of the molecule is CC(C)(C)c1ccc(N(c2ccc3oc4ccccc4c3c2)c2cc3c(c4oc5ccccc5c24)-c2c(cc(N(c4ccc(C(C)(C)C)cc4)c4ccc5oc6ccccc6c5c4)c4c2oc2ccccc24)C32c3ccccc3N3c4ccccc4Oc4cccc2c43)cc1. The maximum atomic E-state index is 7.74. The normalized spacial score (nSPS) is 13.7. The summed E-state index contributed by atoms with van der Waals surface area (Å²) in [5, 5.41) is 8.12. The van der Waals surface area contributed by atoms with Gasteiger partial charge in [-0.25, -0.2) is 0 Å². The highest BCUT2D eigenvalue weighted by Gasteiger charge is 2.56. The molecule has 13 aromatic carbocycles. The second-order valence-corrected chi connectivity index (χ2v) is 27.9. The molecule has 0 fully saturated rings. The van der Waals surface area contributed by atoms with Crippen molar-refractivity contribution in [1.29, 1.82) is 0 Å². The Morgan fingerprint density at radius 1 is 0.316 bits per heavy atom. The van der Waals surface area contributed by atoms with E-state index in [2.05, 4.69) is 305 Å². The topological polar surface area (TPSA) is 71.5 Å². The van der Waals surface area contributed by atoms with E-state index in [9.17, 15) is 0 Å². The molecule has 0 atom stereocenters. The molecule has 2 aliphatic heterocycles. The van der Waals surface area contributed by atoms with Crippen molar-refractivity contribution in [3.05, 3.63) is 294 Å². The van der Waals surface area contributed by atoms with Gasteiger partial charge in [-0.05, 0) is 166 Å². The summed E-state index contributed by atoms with van der Waals surface area (Å²) in [6.45, 7) is 13.7. The third kappa shape index (κ3) is 7.47. The number of furan rings is 4. The molecule has 20 rings (SSSR count). The number of fused-ring (bicyclic) bond motifs is 25. The van der Waals surface area contributed by atoms with Crippen LogP contribution in [-0.4, -0.2) is 0 Å². The molecule has 4 aromatic heterocycles. The molecular formula is C87H61N3O5. The molecule has 0 unspecified atom stereocenters. The first-order valence-corrected chi connectivity index (χ1v) is 32.8. The van der Waals surface area contributed by atoms with Crippen molar-refractivity contribution in [2.45, 2.75) is 57.8 Å². The molecule has 95 heavy (non-hydrogen) atoms. The maximum absolute atomic E-state index is 7.74. The standard InChI is InChI=1S/C87H61N3O5/c1-85(2,3)50-34-38-52(39-35-50)88(54-42-44-74-60(46-54)56-20-7-14-28-70(56)91-74)68-48-64-80(83-78(68)58-22-9-16-30-72(58)94-83)81-65(87(64)62-24-11-12-26-66(62)90-67-27-13-18-32-76(67)93-77-33-19-25-63(87)82(77)90)49-69(79-59-23-10-17-31-73(59)95-84(79)81)89(53-40-36-51(37-41-53)86(4,5)6)55-43-45-75-61(47-55)57-21-8-15-29-71(57)92-75/h7-49H,1-6H3. The molecule has 0 N–H and O–H groups in total. The fraction of sp³-hybridized carbons (Fsp3) is 0.103. The highest BCUT2D eigenvalue weighted by atomic mass is 16.5. The average molecular weight is 1230 g/mol. The molecule has 17 aromatic rings. The summed E-state index contributed by atoms with van der Waals surface area (Å²) in [5.74, 6) is 1.56. The fourth-order valence-electron chi connectivity index (χ4n) is 16.2. The number of benzene rings is 13. The van der Waals surface area contributed by atoms with Gasteiger partial charge in [0.25, 0.3) is 0 Å². The van der Waals surface area contributed by atoms with E-state index in [0.717, 1.165) is 184 Å². The Bertz CT molecular complexity index is 5830. The van der Waals surface area contributed by atoms with Crippen molar-refractivity contribution in [2.75, 3.05) is 14.7 Å². The monoisotopic (exact) mass is 1230 g/mol. The van der Waals surface area contributed by atoms with Crippen molar-refractivity contribution in [3.8, 4) is 22.6 Å². The quantitative estimate of drug-likeness (QED) is 0.163. The number of para-hydroxylation sites is 8. The van der Waals surface area contributed by atoms with Crippen molar-refractivity contribution in [2.24, 2.45) is 0 Å². The lowest BCUT2D eigenvalue weighted by molar-refractivity contribution is 0.473. The summed E-state index contributed by atoms with van der Waals surface area (Å²) in [4.78, 5) is 7.34. The summed E-state index contributed by atoms with van der Waals surface area (Å²) in [6.07, 6.45) is 0. The van der Waals surface area contributed by atoms with E-state index < -0.39 is 5.41 Å². The van der Waals surface area contributed by atoms with E-state index in [4.69, 9.17) is 22.4 Å². The van der Waals surface area contributed by atoms with Crippen LogP contribution in [0.5, 0.6) is 11.5 Å². The van der Waals surface area contributed by atoms with Crippen LogP contribution in [0.4, 0.5) is 51.2 Å². The van der Waals surface area contributed by atoms with Crippen LogP contribution >= 0.6 is 0 Å². The van der Waals surface area contributed by atoms with Crippen molar-refractivity contribution >= 4 is 139 Å². The zero-order chi connectivity index (χ0) is 63.4. The van der Waals surface area contributed by atoms with E-state index in [1.165, 1.54) is 11.1 Å². The predicted octanol–water partition coefficient (Wildman–Crippen LogP) is 25.1. The van der Waals surface area contributed by atoms with Gasteiger partial charge in [0.05, 0.1) is 44.6 Å². The first-order valence-electron chi connectivity index (χ1n) is 32.8. The zero-order valence-electron chi connectivity index (χ0n) is 53.2. The highest BCUT2D eigenvalue weighted by molar-refractivity contribution is 6.26. The molecule has 0 bridgehead atoms. The highest BCUT2D eigenvalue weighted by Crippen LogP contribution is 2.70. The molecule has 1 aliphatic carbocycles. The van der Waals surface area contributed by atoms with Crippen LogP contribution in [0.1, 0.15) is 74.9 Å². The number of ether oxygens (including phenoxy) is 1. The lowest BCUT2D eigenvalue weighted by Gasteiger charge is -2.47. The van der Waals surface area contributed by atoms with Crippen molar-refractivity contribution < 1.29 is 22.4 Å². The van der Waals surface area contributed by atoms with Crippen molar-refractivity contribution in [3.63, 3.8) is 0 Å². The van der Waals surface area contributed by atoms with E-state index in [-0.39, 0.29) is 10.8 Å². The smallest absolute Gasteiger partial charge is 0.151 e. The van der Waals surface area contributed by atoms with Crippen LogP contribution in [0.15, 0.2) is 279 Å². The lowest BCUT2D eigenvalue weighted by atomic mass is 9.64. The van der Waals surface area contributed by atoms with Gasteiger partial charge >= 0.3 is 0 Å². The van der Waals surface area contributed by atoms with Crippen LogP contribution in [-0.2, 0) is 16.2 Å². The predicted molar refractivity (Wildman–Crippen MR) is 388 cm³/mol. The number of nitrogens with zero attached hydrogens (tertiary/aromatic N) is 3. The van der Waals surface area contributed by atoms with Crippen LogP contribution in [0.3, 0.4) is 0 Å². The minimum absolute atomic E-state index is 0.0915. The van der Waals surface area contributed by atoms with E-state index >= 15 is 0 Å². The first-order chi connectivity index (χ1) is 46.4. The lowest BCUT2D eigenvalue weighted by Crippen LogP contribution is -2.37. The van der Waals surface area contributed by atoms with Gasteiger partial charge in [-0.1, -0.05) is 181 Å². The molecule has 1 spiro atoms. The molecule has 3 aliphatic rings. The Morgan fingerprint density at radius 3 is 1.22 bits per heavy atom. The molecule has 0 radical (unpaired) electrons. The van der Waals surface area contributed by atoms with Crippen LogP contribution in [0.2, 0.25) is 0 Å². The second-order valence-electron chi connectivity index (χ2n) is 27.9. The minimum atomic E-state index is -1.10. The Hall–Kier alpha value is -11.7. The molecule has 6 heterocycles. The third-order valence-electron chi connectivity index (χ3n) is 20.5. The van der Waals surface area contributed by atoms with Gasteiger partial charge in [-0.2, -0.15) is 0 Å². The summed E-state index contributed by atoms with van der Waals surface area (Å²) in [5.41, 5.74) is 22.6. The zero-order valence-corrected chi connectivity index (χ0v) is 53.2. The Labute approximate surface area is 547 Å².